The molecule has 0 saturated heterocycles. The summed E-state index contributed by atoms with van der Waals surface area (Å²) in [5.74, 6) is -0.202. The van der Waals surface area contributed by atoms with Crippen molar-refractivity contribution in [1.82, 2.24) is 14.8 Å². The van der Waals surface area contributed by atoms with Gasteiger partial charge in [-0.15, -0.1) is 0 Å². The normalized spacial score (nSPS) is 12.9. The molecular formula is C16H14F3N3OS. The van der Waals surface area contributed by atoms with Crippen LogP contribution in [0.5, 0.6) is 0 Å². The maximum Gasteiger partial charge on any atom is 0.266 e. The fourth-order valence-electron chi connectivity index (χ4n) is 2.34. The first-order valence-electron chi connectivity index (χ1n) is 7.24. The van der Waals surface area contributed by atoms with Crippen LogP contribution in [0.3, 0.4) is 0 Å². The van der Waals surface area contributed by atoms with E-state index < -0.39 is 29.0 Å². The summed E-state index contributed by atoms with van der Waals surface area (Å²) in [4.78, 5) is 4.24. The summed E-state index contributed by atoms with van der Waals surface area (Å²) >= 11 is -1.05. The Labute approximate surface area is 139 Å². The summed E-state index contributed by atoms with van der Waals surface area (Å²) in [6.07, 6.45) is 0.189. The lowest BCUT2D eigenvalue weighted by atomic mass is 10.0. The molecule has 0 spiro atoms. The number of halogens is 3. The monoisotopic (exact) mass is 353 g/mol. The summed E-state index contributed by atoms with van der Waals surface area (Å²) in [5.41, 5.74) is 1.62. The van der Waals surface area contributed by atoms with Gasteiger partial charge in [0, 0.05) is 11.8 Å². The van der Waals surface area contributed by atoms with Crippen molar-refractivity contribution in [2.45, 2.75) is 19.2 Å². The van der Waals surface area contributed by atoms with Crippen LogP contribution >= 0.6 is 0 Å². The molecule has 0 unspecified atom stereocenters. The maximum absolute atomic E-state index is 13.4. The third-order valence-corrected chi connectivity index (χ3v) is 4.82. The van der Waals surface area contributed by atoms with Crippen LogP contribution in [0, 0.1) is 5.82 Å². The Kier molecular flexibility index (Phi) is 4.77. The zero-order valence-corrected chi connectivity index (χ0v) is 13.6. The molecule has 126 valence electrons. The van der Waals surface area contributed by atoms with Crippen molar-refractivity contribution < 1.29 is 17.7 Å². The molecule has 0 N–H and O–H groups in total. The molecule has 1 aromatic carbocycles. The third-order valence-electron chi connectivity index (χ3n) is 3.65. The van der Waals surface area contributed by atoms with Gasteiger partial charge < -0.3 is 4.55 Å². The number of hydrogen-bond acceptors (Lipinski definition) is 3. The maximum atomic E-state index is 13.4. The van der Waals surface area contributed by atoms with Crippen molar-refractivity contribution in [2.24, 2.45) is 0 Å². The van der Waals surface area contributed by atoms with Gasteiger partial charge in [0.2, 0.25) is 0 Å². The first kappa shape index (κ1) is 16.8. The van der Waals surface area contributed by atoms with Gasteiger partial charge in [-0.05, 0) is 41.9 Å². The minimum absolute atomic E-state index is 0.233. The Bertz CT molecular complexity index is 869. The van der Waals surface area contributed by atoms with Gasteiger partial charge >= 0.3 is 0 Å². The predicted molar refractivity (Wildman–Crippen MR) is 86.6 cm³/mol. The van der Waals surface area contributed by atoms with Crippen LogP contribution in [0.2, 0.25) is 0 Å². The zero-order chi connectivity index (χ0) is 17.3. The van der Waals surface area contributed by atoms with Crippen LogP contribution in [0.4, 0.5) is 13.2 Å². The SMILES string of the molecule is CC[S@@+]([O-])Cn1ncc2ncc(-c3ccc(F)c(C(F)F)c3)cc21. The molecule has 0 fully saturated rings. The predicted octanol–water partition coefficient (Wildman–Crippen LogP) is 3.90. The highest BCUT2D eigenvalue weighted by atomic mass is 32.2. The molecule has 0 saturated carbocycles. The van der Waals surface area contributed by atoms with E-state index in [2.05, 4.69) is 10.1 Å². The van der Waals surface area contributed by atoms with Crippen molar-refractivity contribution in [3.8, 4) is 11.1 Å². The number of aromatic nitrogens is 3. The van der Waals surface area contributed by atoms with Crippen molar-refractivity contribution in [1.29, 1.82) is 0 Å². The summed E-state index contributed by atoms with van der Waals surface area (Å²) in [7, 11) is 0. The fraction of sp³-hybridized carbons (Fsp3) is 0.250. The molecule has 0 bridgehead atoms. The fourth-order valence-corrected chi connectivity index (χ4v) is 3.00. The number of alkyl halides is 2. The Morgan fingerprint density at radius 2 is 2.00 bits per heavy atom. The highest BCUT2D eigenvalue weighted by Gasteiger charge is 2.16. The summed E-state index contributed by atoms with van der Waals surface area (Å²) in [6.45, 7) is 1.82. The summed E-state index contributed by atoms with van der Waals surface area (Å²) < 4.78 is 52.5. The van der Waals surface area contributed by atoms with Crippen LogP contribution in [0.15, 0.2) is 36.7 Å². The van der Waals surface area contributed by atoms with E-state index in [1.165, 1.54) is 12.3 Å². The van der Waals surface area contributed by atoms with E-state index in [4.69, 9.17) is 0 Å². The second-order valence-electron chi connectivity index (χ2n) is 5.17. The van der Waals surface area contributed by atoms with E-state index in [0.717, 1.165) is 12.1 Å². The highest BCUT2D eigenvalue weighted by molar-refractivity contribution is 7.90. The van der Waals surface area contributed by atoms with Crippen LogP contribution in [-0.4, -0.2) is 25.1 Å². The first-order valence-corrected chi connectivity index (χ1v) is 8.73. The van der Waals surface area contributed by atoms with Crippen molar-refractivity contribution in [3.05, 3.63) is 48.0 Å². The summed E-state index contributed by atoms with van der Waals surface area (Å²) in [6, 6.07) is 5.29. The topological polar surface area (TPSA) is 53.8 Å². The Hall–Kier alpha value is -2.06. The Morgan fingerprint density at radius 1 is 1.21 bits per heavy atom. The number of hydrogen-bond donors (Lipinski definition) is 0. The lowest BCUT2D eigenvalue weighted by Crippen LogP contribution is -2.13. The van der Waals surface area contributed by atoms with Gasteiger partial charge in [-0.2, -0.15) is 5.10 Å². The van der Waals surface area contributed by atoms with Crippen LogP contribution in [0.25, 0.3) is 22.2 Å². The zero-order valence-electron chi connectivity index (χ0n) is 12.7. The first-order chi connectivity index (χ1) is 11.5. The minimum atomic E-state index is -2.89. The highest BCUT2D eigenvalue weighted by Crippen LogP contribution is 2.29. The van der Waals surface area contributed by atoms with Crippen LogP contribution < -0.4 is 0 Å². The quantitative estimate of drug-likeness (QED) is 0.654. The van der Waals surface area contributed by atoms with Crippen LogP contribution in [0.1, 0.15) is 18.9 Å². The standard InChI is InChI=1S/C16H14F3N3OS/c1-2-24(23)9-22-15-6-11(7-20-14(15)8-21-22)10-3-4-13(17)12(5-10)16(18)19/h3-8,16H,2,9H2,1H3/t24-/m1/s1. The lowest BCUT2D eigenvalue weighted by Gasteiger charge is -2.10. The van der Waals surface area contributed by atoms with E-state index >= 15 is 0 Å². The molecule has 0 radical (unpaired) electrons. The number of nitrogens with zero attached hydrogens (tertiary/aromatic N) is 3. The molecule has 0 aliphatic rings. The van der Waals surface area contributed by atoms with E-state index in [-0.39, 0.29) is 5.88 Å². The summed E-state index contributed by atoms with van der Waals surface area (Å²) in [5, 5.41) is 4.16. The van der Waals surface area contributed by atoms with E-state index in [9.17, 15) is 17.7 Å². The van der Waals surface area contributed by atoms with Crippen molar-refractivity contribution in [3.63, 3.8) is 0 Å². The smallest absolute Gasteiger partial charge is 0.266 e. The largest absolute Gasteiger partial charge is 0.615 e. The molecule has 0 aliphatic carbocycles. The second-order valence-corrected chi connectivity index (χ2v) is 6.88. The van der Waals surface area contributed by atoms with E-state index in [1.54, 1.807) is 16.9 Å². The molecule has 3 aromatic rings. The minimum Gasteiger partial charge on any atom is -0.615 e. The van der Waals surface area contributed by atoms with Gasteiger partial charge in [0.15, 0.2) is 5.88 Å². The number of fused-ring (bicyclic) bond motifs is 1. The molecule has 2 aromatic heterocycles. The van der Waals surface area contributed by atoms with Gasteiger partial charge in [-0.25, -0.2) is 17.9 Å². The van der Waals surface area contributed by atoms with E-state index in [0.29, 0.717) is 27.9 Å². The van der Waals surface area contributed by atoms with Gasteiger partial charge in [0.05, 0.1) is 17.3 Å². The number of rotatable bonds is 5. The third kappa shape index (κ3) is 3.25. The molecule has 0 aliphatic heterocycles. The molecule has 2 heterocycles. The molecule has 8 heteroatoms. The molecule has 0 amide bonds. The Balaban J connectivity index is 2.04. The average Bonchev–Trinajstić information content (AvgIpc) is 2.97. The van der Waals surface area contributed by atoms with Gasteiger partial charge in [0.25, 0.3) is 6.43 Å². The Morgan fingerprint density at radius 3 is 2.71 bits per heavy atom. The van der Waals surface area contributed by atoms with Gasteiger partial charge in [-0.3, -0.25) is 4.98 Å². The van der Waals surface area contributed by atoms with E-state index in [1.807, 2.05) is 6.92 Å². The van der Waals surface area contributed by atoms with Crippen molar-refractivity contribution >= 4 is 22.2 Å². The lowest BCUT2D eigenvalue weighted by molar-refractivity contribution is 0.146. The second kappa shape index (κ2) is 6.82. The number of benzene rings is 1. The molecular weight excluding hydrogens is 339 g/mol. The van der Waals surface area contributed by atoms with Gasteiger partial charge in [-0.1, -0.05) is 6.07 Å². The number of pyridine rings is 1. The molecule has 4 nitrogen and oxygen atoms in total. The molecule has 24 heavy (non-hydrogen) atoms. The van der Waals surface area contributed by atoms with Crippen molar-refractivity contribution in [2.75, 3.05) is 5.75 Å². The van der Waals surface area contributed by atoms with Gasteiger partial charge in [0.1, 0.15) is 17.1 Å². The van der Waals surface area contributed by atoms with Crippen LogP contribution in [-0.2, 0) is 17.1 Å². The molecule has 3 rings (SSSR count). The molecule has 1 atom stereocenters. The average molecular weight is 353 g/mol.